The second-order valence-electron chi connectivity index (χ2n) is 4.60. The van der Waals surface area contributed by atoms with Crippen LogP contribution in [0, 0.1) is 11.3 Å². The van der Waals surface area contributed by atoms with E-state index in [9.17, 15) is 5.26 Å². The number of nitrogens with zero attached hydrogens (tertiary/aromatic N) is 1. The van der Waals surface area contributed by atoms with Gasteiger partial charge < -0.3 is 9.47 Å². The van der Waals surface area contributed by atoms with Gasteiger partial charge in [-0.3, -0.25) is 0 Å². The van der Waals surface area contributed by atoms with Gasteiger partial charge in [0.25, 0.3) is 0 Å². The lowest BCUT2D eigenvalue weighted by Gasteiger charge is -2.10. The molecule has 3 aromatic rings. The van der Waals surface area contributed by atoms with E-state index >= 15 is 0 Å². The van der Waals surface area contributed by atoms with E-state index < -0.39 is 0 Å². The fourth-order valence-corrected chi connectivity index (χ4v) is 1.99. The smallest absolute Gasteiger partial charge is 0.145 e. The summed E-state index contributed by atoms with van der Waals surface area (Å²) in [5, 5.41) is 9.30. The van der Waals surface area contributed by atoms with Gasteiger partial charge in [0.1, 0.15) is 29.1 Å². The first-order valence-electron chi connectivity index (χ1n) is 6.85. The van der Waals surface area contributed by atoms with Crippen LogP contribution in [0.15, 0.2) is 78.9 Å². The average Bonchev–Trinajstić information content (AvgIpc) is 2.58. The van der Waals surface area contributed by atoms with E-state index in [1.165, 1.54) is 0 Å². The predicted octanol–water partition coefficient (Wildman–Crippen LogP) is 5.14. The van der Waals surface area contributed by atoms with Crippen molar-refractivity contribution in [2.45, 2.75) is 0 Å². The third-order valence-corrected chi connectivity index (χ3v) is 3.02. The fourth-order valence-electron chi connectivity index (χ4n) is 1.99. The molecule has 3 aromatic carbocycles. The standard InChI is InChI=1S/C19H13NO2/c20-14-15-13-18(21-16-7-3-1-4-8-16)11-12-19(15)22-17-9-5-2-6-10-17/h1-13H. The van der Waals surface area contributed by atoms with E-state index in [2.05, 4.69) is 6.07 Å². The highest BCUT2D eigenvalue weighted by molar-refractivity contribution is 5.50. The number of benzene rings is 3. The minimum absolute atomic E-state index is 0.428. The average molecular weight is 287 g/mol. The van der Waals surface area contributed by atoms with Gasteiger partial charge in [0.2, 0.25) is 0 Å². The SMILES string of the molecule is N#Cc1cc(Oc2ccccc2)ccc1Oc1ccccc1. The molecule has 0 saturated carbocycles. The number of rotatable bonds is 4. The van der Waals surface area contributed by atoms with Crippen LogP contribution in [0.5, 0.6) is 23.0 Å². The Morgan fingerprint density at radius 1 is 0.636 bits per heavy atom. The predicted molar refractivity (Wildman–Crippen MR) is 84.2 cm³/mol. The van der Waals surface area contributed by atoms with Crippen LogP contribution < -0.4 is 9.47 Å². The summed E-state index contributed by atoms with van der Waals surface area (Å²) >= 11 is 0. The van der Waals surface area contributed by atoms with E-state index in [1.807, 2.05) is 60.7 Å². The maximum absolute atomic E-state index is 9.30. The molecule has 0 heterocycles. The van der Waals surface area contributed by atoms with Crippen molar-refractivity contribution < 1.29 is 9.47 Å². The quantitative estimate of drug-likeness (QED) is 0.667. The highest BCUT2D eigenvalue weighted by atomic mass is 16.5. The number of hydrogen-bond donors (Lipinski definition) is 0. The largest absolute Gasteiger partial charge is 0.457 e. The van der Waals surface area contributed by atoms with Gasteiger partial charge in [-0.25, -0.2) is 0 Å². The Bertz CT molecular complexity index is 793. The first kappa shape index (κ1) is 13.7. The molecule has 0 bridgehead atoms. The van der Waals surface area contributed by atoms with Crippen LogP contribution in [0.2, 0.25) is 0 Å². The zero-order valence-electron chi connectivity index (χ0n) is 11.8. The molecular weight excluding hydrogens is 274 g/mol. The maximum Gasteiger partial charge on any atom is 0.145 e. The summed E-state index contributed by atoms with van der Waals surface area (Å²) in [4.78, 5) is 0. The van der Waals surface area contributed by atoms with Crippen molar-refractivity contribution in [2.75, 3.05) is 0 Å². The molecule has 0 aliphatic heterocycles. The van der Waals surface area contributed by atoms with Gasteiger partial charge >= 0.3 is 0 Å². The summed E-state index contributed by atoms with van der Waals surface area (Å²) in [6.45, 7) is 0. The summed E-state index contributed by atoms with van der Waals surface area (Å²) in [5.74, 6) is 2.52. The molecule has 3 rings (SSSR count). The molecule has 106 valence electrons. The lowest BCUT2D eigenvalue weighted by atomic mass is 10.2. The number of hydrogen-bond acceptors (Lipinski definition) is 3. The monoisotopic (exact) mass is 287 g/mol. The van der Waals surface area contributed by atoms with Crippen molar-refractivity contribution in [2.24, 2.45) is 0 Å². The van der Waals surface area contributed by atoms with E-state index in [-0.39, 0.29) is 0 Å². The normalized spacial score (nSPS) is 9.77. The lowest BCUT2D eigenvalue weighted by Crippen LogP contribution is -1.90. The van der Waals surface area contributed by atoms with Crippen LogP contribution in [0.1, 0.15) is 5.56 Å². The summed E-state index contributed by atoms with van der Waals surface area (Å²) in [5.41, 5.74) is 0.428. The van der Waals surface area contributed by atoms with Crippen LogP contribution in [0.3, 0.4) is 0 Å². The molecule has 0 radical (unpaired) electrons. The van der Waals surface area contributed by atoms with Crippen LogP contribution >= 0.6 is 0 Å². The Kier molecular flexibility index (Phi) is 4.03. The summed E-state index contributed by atoms with van der Waals surface area (Å²) in [6, 6.07) is 26.1. The number of para-hydroxylation sites is 2. The van der Waals surface area contributed by atoms with Gasteiger partial charge in [-0.1, -0.05) is 36.4 Å². The molecule has 0 aliphatic carbocycles. The minimum atomic E-state index is 0.428. The molecule has 3 heteroatoms. The fraction of sp³-hybridized carbons (Fsp3) is 0. The van der Waals surface area contributed by atoms with Crippen LogP contribution in [-0.4, -0.2) is 0 Å². The molecule has 22 heavy (non-hydrogen) atoms. The van der Waals surface area contributed by atoms with Gasteiger partial charge in [-0.15, -0.1) is 0 Å². The summed E-state index contributed by atoms with van der Waals surface area (Å²) in [6.07, 6.45) is 0. The van der Waals surface area contributed by atoms with Crippen LogP contribution in [-0.2, 0) is 0 Å². The minimum Gasteiger partial charge on any atom is -0.457 e. The Hall–Kier alpha value is -3.25. The van der Waals surface area contributed by atoms with Gasteiger partial charge in [0.15, 0.2) is 0 Å². The second-order valence-corrected chi connectivity index (χ2v) is 4.60. The maximum atomic E-state index is 9.30. The van der Waals surface area contributed by atoms with Gasteiger partial charge in [0, 0.05) is 6.07 Å². The Balaban J connectivity index is 1.83. The molecule has 3 nitrogen and oxygen atoms in total. The Labute approximate surface area is 129 Å². The molecule has 0 saturated heterocycles. The molecule has 0 amide bonds. The molecule has 0 fully saturated rings. The third-order valence-electron chi connectivity index (χ3n) is 3.02. The van der Waals surface area contributed by atoms with Crippen molar-refractivity contribution in [3.8, 4) is 29.1 Å². The summed E-state index contributed by atoms with van der Waals surface area (Å²) < 4.78 is 11.4. The highest BCUT2D eigenvalue weighted by Crippen LogP contribution is 2.30. The van der Waals surface area contributed by atoms with E-state index in [1.54, 1.807) is 18.2 Å². The molecule has 0 spiro atoms. The molecule has 0 N–H and O–H groups in total. The van der Waals surface area contributed by atoms with Crippen molar-refractivity contribution in [3.63, 3.8) is 0 Å². The van der Waals surface area contributed by atoms with Gasteiger partial charge in [-0.05, 0) is 36.4 Å². The molecule has 0 atom stereocenters. The van der Waals surface area contributed by atoms with Gasteiger partial charge in [-0.2, -0.15) is 5.26 Å². The van der Waals surface area contributed by atoms with Crippen LogP contribution in [0.4, 0.5) is 0 Å². The molecule has 0 aromatic heterocycles. The molecular formula is C19H13NO2. The van der Waals surface area contributed by atoms with E-state index in [4.69, 9.17) is 9.47 Å². The third kappa shape index (κ3) is 3.25. The highest BCUT2D eigenvalue weighted by Gasteiger charge is 2.07. The molecule has 0 aliphatic rings. The Morgan fingerprint density at radius 3 is 1.82 bits per heavy atom. The van der Waals surface area contributed by atoms with Crippen molar-refractivity contribution in [1.82, 2.24) is 0 Å². The zero-order chi connectivity index (χ0) is 15.2. The first-order chi connectivity index (χ1) is 10.8. The topological polar surface area (TPSA) is 42.2 Å². The lowest BCUT2D eigenvalue weighted by molar-refractivity contribution is 0.468. The molecule has 0 unspecified atom stereocenters. The van der Waals surface area contributed by atoms with E-state index in [0.717, 1.165) is 5.75 Å². The van der Waals surface area contributed by atoms with Crippen molar-refractivity contribution in [3.05, 3.63) is 84.4 Å². The summed E-state index contributed by atoms with van der Waals surface area (Å²) in [7, 11) is 0. The van der Waals surface area contributed by atoms with Crippen LogP contribution in [0.25, 0.3) is 0 Å². The first-order valence-corrected chi connectivity index (χ1v) is 6.85. The van der Waals surface area contributed by atoms with Gasteiger partial charge in [0.05, 0.1) is 5.56 Å². The number of ether oxygens (including phenoxy) is 2. The van der Waals surface area contributed by atoms with Crippen molar-refractivity contribution >= 4 is 0 Å². The van der Waals surface area contributed by atoms with Crippen molar-refractivity contribution in [1.29, 1.82) is 5.26 Å². The Morgan fingerprint density at radius 2 is 1.23 bits per heavy atom. The second kappa shape index (κ2) is 6.47. The van der Waals surface area contributed by atoms with E-state index in [0.29, 0.717) is 22.8 Å². The number of nitriles is 1. The zero-order valence-corrected chi connectivity index (χ0v) is 11.8.